The SMILES string of the molecule is CC(=O)CC1CCCN1Cc1cccc2ccccc12. The Bertz CT molecular complexity index is 614. The van der Waals surface area contributed by atoms with Crippen LogP contribution in [0, 0.1) is 0 Å². The first-order chi connectivity index (χ1) is 9.74. The topological polar surface area (TPSA) is 20.3 Å². The summed E-state index contributed by atoms with van der Waals surface area (Å²) >= 11 is 0. The normalized spacial score (nSPS) is 19.6. The van der Waals surface area contributed by atoms with Crippen molar-refractivity contribution in [3.05, 3.63) is 48.0 Å². The summed E-state index contributed by atoms with van der Waals surface area (Å²) in [5.41, 5.74) is 1.37. The molecule has 2 heteroatoms. The number of hydrogen-bond donors (Lipinski definition) is 0. The van der Waals surface area contributed by atoms with E-state index in [0.717, 1.165) is 19.5 Å². The standard InChI is InChI=1S/C18H21NO/c1-14(20)12-17-9-5-11-19(17)13-16-8-4-7-15-6-2-3-10-18(15)16/h2-4,6-8,10,17H,5,9,11-13H2,1H3. The van der Waals surface area contributed by atoms with Crippen molar-refractivity contribution in [1.29, 1.82) is 0 Å². The predicted octanol–water partition coefficient (Wildman–Crippen LogP) is 3.78. The van der Waals surface area contributed by atoms with Crippen LogP contribution in [0.25, 0.3) is 10.8 Å². The molecule has 2 aromatic rings. The van der Waals surface area contributed by atoms with E-state index in [-0.39, 0.29) is 0 Å². The average Bonchev–Trinajstić information content (AvgIpc) is 2.86. The molecule has 0 saturated carbocycles. The summed E-state index contributed by atoms with van der Waals surface area (Å²) in [5.74, 6) is 0.305. The van der Waals surface area contributed by atoms with Gasteiger partial charge in [-0.1, -0.05) is 42.5 Å². The first-order valence-electron chi connectivity index (χ1n) is 7.44. The second kappa shape index (κ2) is 5.76. The summed E-state index contributed by atoms with van der Waals surface area (Å²) in [5, 5.41) is 2.63. The van der Waals surface area contributed by atoms with Gasteiger partial charge in [-0.05, 0) is 42.6 Å². The molecule has 1 aliphatic rings. The molecule has 1 aliphatic heterocycles. The Kier molecular flexibility index (Phi) is 3.83. The first-order valence-corrected chi connectivity index (χ1v) is 7.44. The Balaban J connectivity index is 1.84. The fraction of sp³-hybridized carbons (Fsp3) is 0.389. The highest BCUT2D eigenvalue weighted by Crippen LogP contribution is 2.26. The van der Waals surface area contributed by atoms with Gasteiger partial charge in [0.1, 0.15) is 5.78 Å². The van der Waals surface area contributed by atoms with Crippen LogP contribution in [0.15, 0.2) is 42.5 Å². The smallest absolute Gasteiger partial charge is 0.131 e. The van der Waals surface area contributed by atoms with Crippen LogP contribution in [0.2, 0.25) is 0 Å². The third kappa shape index (κ3) is 2.75. The zero-order valence-electron chi connectivity index (χ0n) is 12.0. The predicted molar refractivity (Wildman–Crippen MR) is 82.7 cm³/mol. The fourth-order valence-corrected chi connectivity index (χ4v) is 3.32. The van der Waals surface area contributed by atoms with Crippen molar-refractivity contribution in [2.24, 2.45) is 0 Å². The van der Waals surface area contributed by atoms with E-state index in [4.69, 9.17) is 0 Å². The minimum Gasteiger partial charge on any atom is -0.300 e. The average molecular weight is 267 g/mol. The summed E-state index contributed by atoms with van der Waals surface area (Å²) in [4.78, 5) is 13.9. The molecule has 0 aromatic heterocycles. The van der Waals surface area contributed by atoms with Gasteiger partial charge < -0.3 is 0 Å². The van der Waals surface area contributed by atoms with Crippen LogP contribution in [0.1, 0.15) is 31.7 Å². The van der Waals surface area contributed by atoms with E-state index in [1.807, 2.05) is 0 Å². The summed E-state index contributed by atoms with van der Waals surface area (Å²) in [6, 6.07) is 15.5. The van der Waals surface area contributed by atoms with Crippen LogP contribution in [-0.4, -0.2) is 23.3 Å². The number of carbonyl (C=O) groups excluding carboxylic acids is 1. The van der Waals surface area contributed by atoms with Crippen molar-refractivity contribution in [1.82, 2.24) is 4.90 Å². The molecule has 104 valence electrons. The number of fused-ring (bicyclic) bond motifs is 1. The molecule has 0 N–H and O–H groups in total. The van der Waals surface area contributed by atoms with Gasteiger partial charge in [-0.25, -0.2) is 0 Å². The van der Waals surface area contributed by atoms with Crippen LogP contribution in [0.4, 0.5) is 0 Å². The van der Waals surface area contributed by atoms with E-state index in [9.17, 15) is 4.79 Å². The molecule has 0 bridgehead atoms. The number of Topliss-reactive ketones (excluding diaryl/α,β-unsaturated/α-hetero) is 1. The van der Waals surface area contributed by atoms with Crippen molar-refractivity contribution >= 4 is 16.6 Å². The quantitative estimate of drug-likeness (QED) is 0.840. The van der Waals surface area contributed by atoms with E-state index >= 15 is 0 Å². The molecule has 1 heterocycles. The van der Waals surface area contributed by atoms with Gasteiger partial charge in [0.05, 0.1) is 0 Å². The number of likely N-dealkylation sites (tertiary alicyclic amines) is 1. The third-order valence-electron chi connectivity index (χ3n) is 4.28. The molecule has 0 aliphatic carbocycles. The largest absolute Gasteiger partial charge is 0.300 e. The van der Waals surface area contributed by atoms with Crippen LogP contribution >= 0.6 is 0 Å². The van der Waals surface area contributed by atoms with Crippen LogP contribution in [-0.2, 0) is 11.3 Å². The zero-order chi connectivity index (χ0) is 13.9. The Morgan fingerprint density at radius 2 is 2.00 bits per heavy atom. The molecule has 1 unspecified atom stereocenters. The van der Waals surface area contributed by atoms with E-state index in [1.54, 1.807) is 6.92 Å². The van der Waals surface area contributed by atoms with Crippen LogP contribution in [0.3, 0.4) is 0 Å². The number of rotatable bonds is 4. The van der Waals surface area contributed by atoms with Crippen molar-refractivity contribution in [2.75, 3.05) is 6.54 Å². The fourth-order valence-electron chi connectivity index (χ4n) is 3.32. The lowest BCUT2D eigenvalue weighted by molar-refractivity contribution is -0.118. The number of benzene rings is 2. The number of carbonyl (C=O) groups is 1. The molecule has 2 aromatic carbocycles. The zero-order valence-corrected chi connectivity index (χ0v) is 12.0. The second-order valence-electron chi connectivity index (χ2n) is 5.81. The molecule has 1 atom stereocenters. The van der Waals surface area contributed by atoms with Gasteiger partial charge in [0.25, 0.3) is 0 Å². The van der Waals surface area contributed by atoms with Crippen molar-refractivity contribution in [2.45, 2.75) is 38.8 Å². The van der Waals surface area contributed by atoms with E-state index < -0.39 is 0 Å². The molecule has 0 amide bonds. The Hall–Kier alpha value is -1.67. The number of hydrogen-bond acceptors (Lipinski definition) is 2. The lowest BCUT2D eigenvalue weighted by Crippen LogP contribution is -2.30. The lowest BCUT2D eigenvalue weighted by Gasteiger charge is -2.24. The second-order valence-corrected chi connectivity index (χ2v) is 5.81. The van der Waals surface area contributed by atoms with Gasteiger partial charge in [0.15, 0.2) is 0 Å². The Labute approximate surface area is 120 Å². The van der Waals surface area contributed by atoms with Gasteiger partial charge in [-0.15, -0.1) is 0 Å². The Morgan fingerprint density at radius 3 is 2.85 bits per heavy atom. The summed E-state index contributed by atoms with van der Waals surface area (Å²) in [6.45, 7) is 3.77. The number of nitrogens with zero attached hydrogens (tertiary/aromatic N) is 1. The molecule has 1 saturated heterocycles. The maximum absolute atomic E-state index is 11.4. The highest BCUT2D eigenvalue weighted by Gasteiger charge is 2.25. The third-order valence-corrected chi connectivity index (χ3v) is 4.28. The molecule has 1 fully saturated rings. The maximum Gasteiger partial charge on any atom is 0.131 e. The highest BCUT2D eigenvalue weighted by atomic mass is 16.1. The minimum absolute atomic E-state index is 0.305. The highest BCUT2D eigenvalue weighted by molar-refractivity contribution is 5.85. The molecule has 0 radical (unpaired) electrons. The molecule has 2 nitrogen and oxygen atoms in total. The molecular formula is C18H21NO. The Morgan fingerprint density at radius 1 is 1.20 bits per heavy atom. The van der Waals surface area contributed by atoms with E-state index in [2.05, 4.69) is 47.4 Å². The van der Waals surface area contributed by atoms with Gasteiger partial charge >= 0.3 is 0 Å². The van der Waals surface area contributed by atoms with Gasteiger partial charge in [-0.2, -0.15) is 0 Å². The van der Waals surface area contributed by atoms with Crippen molar-refractivity contribution in [3.8, 4) is 0 Å². The number of ketones is 1. The lowest BCUT2D eigenvalue weighted by atomic mass is 10.0. The van der Waals surface area contributed by atoms with Crippen molar-refractivity contribution < 1.29 is 4.79 Å². The summed E-state index contributed by atoms with van der Waals surface area (Å²) in [7, 11) is 0. The maximum atomic E-state index is 11.4. The minimum atomic E-state index is 0.305. The van der Waals surface area contributed by atoms with Crippen LogP contribution < -0.4 is 0 Å². The molecule has 20 heavy (non-hydrogen) atoms. The van der Waals surface area contributed by atoms with Gasteiger partial charge in [0.2, 0.25) is 0 Å². The first kappa shape index (κ1) is 13.3. The molecule has 0 spiro atoms. The molecule has 3 rings (SSSR count). The summed E-state index contributed by atoms with van der Waals surface area (Å²) in [6.07, 6.45) is 3.07. The summed E-state index contributed by atoms with van der Waals surface area (Å²) < 4.78 is 0. The van der Waals surface area contributed by atoms with Gasteiger partial charge in [-0.3, -0.25) is 9.69 Å². The van der Waals surface area contributed by atoms with Gasteiger partial charge in [0, 0.05) is 19.0 Å². The molecular weight excluding hydrogens is 246 g/mol. The van der Waals surface area contributed by atoms with E-state index in [1.165, 1.54) is 22.8 Å². The van der Waals surface area contributed by atoms with Crippen molar-refractivity contribution in [3.63, 3.8) is 0 Å². The van der Waals surface area contributed by atoms with E-state index in [0.29, 0.717) is 18.2 Å². The van der Waals surface area contributed by atoms with Crippen LogP contribution in [0.5, 0.6) is 0 Å². The monoisotopic (exact) mass is 267 g/mol.